The smallest absolute Gasteiger partial charge is 0.300 e. The number of carboxylic acid groups (broad SMARTS) is 1. The molecular weight excluding hydrogens is 308 g/mol. The Morgan fingerprint density at radius 1 is 1.21 bits per heavy atom. The van der Waals surface area contributed by atoms with Gasteiger partial charge in [0.25, 0.3) is 5.97 Å². The maximum absolute atomic E-state index is 9.00. The quantitative estimate of drug-likeness (QED) is 0.488. The van der Waals surface area contributed by atoms with Gasteiger partial charge in [-0.15, -0.1) is 0 Å². The molecule has 0 unspecified atom stereocenters. The molecule has 7 heteroatoms. The average Bonchev–Trinajstić information content (AvgIpc) is 2.47. The van der Waals surface area contributed by atoms with Crippen LogP contribution >= 0.6 is 0 Å². The van der Waals surface area contributed by atoms with Crippen LogP contribution in [-0.2, 0) is 9.53 Å². The Kier molecular flexibility index (Phi) is 6.29. The molecule has 0 fully saturated rings. The average molecular weight is 330 g/mol. The molecule has 1 aromatic rings. The zero-order valence-corrected chi connectivity index (χ0v) is 14.2. The number of nitrogens with two attached hydrogens (primary N) is 2. The number of carboxylic acids is 1. The Bertz CT molecular complexity index is 757. The highest BCUT2D eigenvalue weighted by molar-refractivity contribution is 6.22. The van der Waals surface area contributed by atoms with Crippen molar-refractivity contribution in [1.82, 2.24) is 0 Å². The summed E-state index contributed by atoms with van der Waals surface area (Å²) in [5.41, 5.74) is 16.4. The minimum atomic E-state index is -0.833. The second-order valence-electron chi connectivity index (χ2n) is 5.24. The SMILES string of the molecule is CC(=O)O.COC1=CC(=N)C(C)=CC1=Nc1cc(C)c(N)cc1N. The monoisotopic (exact) mass is 330 g/mol. The van der Waals surface area contributed by atoms with E-state index in [1.807, 2.05) is 26.0 Å². The number of allylic oxidation sites excluding steroid dienone is 3. The van der Waals surface area contributed by atoms with Crippen molar-refractivity contribution in [2.24, 2.45) is 4.99 Å². The van der Waals surface area contributed by atoms with E-state index in [9.17, 15) is 0 Å². The molecule has 1 aliphatic carbocycles. The van der Waals surface area contributed by atoms with Gasteiger partial charge < -0.3 is 26.7 Å². The second-order valence-corrected chi connectivity index (χ2v) is 5.24. The van der Waals surface area contributed by atoms with Gasteiger partial charge in [0.1, 0.15) is 11.5 Å². The lowest BCUT2D eigenvalue weighted by Crippen LogP contribution is -2.12. The predicted molar refractivity (Wildman–Crippen MR) is 97.0 cm³/mol. The fourth-order valence-electron chi connectivity index (χ4n) is 1.88. The van der Waals surface area contributed by atoms with Gasteiger partial charge in [0, 0.05) is 18.7 Å². The molecule has 0 saturated carbocycles. The first-order valence-electron chi connectivity index (χ1n) is 7.12. The molecule has 0 bridgehead atoms. The maximum atomic E-state index is 9.00. The van der Waals surface area contributed by atoms with Crippen molar-refractivity contribution < 1.29 is 14.6 Å². The van der Waals surface area contributed by atoms with Crippen LogP contribution in [-0.4, -0.2) is 29.6 Å². The highest BCUT2D eigenvalue weighted by Gasteiger charge is 2.15. The Balaban J connectivity index is 0.000000648. The second kappa shape index (κ2) is 7.96. The minimum absolute atomic E-state index is 0.419. The van der Waals surface area contributed by atoms with E-state index in [4.69, 9.17) is 31.5 Å². The summed E-state index contributed by atoms with van der Waals surface area (Å²) in [6.45, 7) is 4.85. The Labute approximate surface area is 140 Å². The van der Waals surface area contributed by atoms with Gasteiger partial charge in [0.15, 0.2) is 0 Å². The van der Waals surface area contributed by atoms with Crippen LogP contribution in [0.3, 0.4) is 0 Å². The van der Waals surface area contributed by atoms with Crippen LogP contribution in [0, 0.1) is 12.3 Å². The fraction of sp³-hybridized carbons (Fsp3) is 0.235. The summed E-state index contributed by atoms with van der Waals surface area (Å²) in [4.78, 5) is 13.5. The highest BCUT2D eigenvalue weighted by atomic mass is 16.5. The lowest BCUT2D eigenvalue weighted by molar-refractivity contribution is -0.134. The van der Waals surface area contributed by atoms with E-state index in [0.29, 0.717) is 34.2 Å². The zero-order valence-electron chi connectivity index (χ0n) is 14.2. The molecule has 0 spiro atoms. The van der Waals surface area contributed by atoms with Crippen molar-refractivity contribution in [3.8, 4) is 0 Å². The van der Waals surface area contributed by atoms with Crippen molar-refractivity contribution in [3.05, 3.63) is 41.2 Å². The Morgan fingerprint density at radius 3 is 2.33 bits per heavy atom. The van der Waals surface area contributed by atoms with Crippen LogP contribution in [0.5, 0.6) is 0 Å². The molecule has 0 atom stereocenters. The number of rotatable bonds is 2. The van der Waals surface area contributed by atoms with Crippen LogP contribution in [0.25, 0.3) is 0 Å². The Hall–Kier alpha value is -3.09. The van der Waals surface area contributed by atoms with Gasteiger partial charge in [-0.2, -0.15) is 0 Å². The van der Waals surface area contributed by atoms with Gasteiger partial charge >= 0.3 is 0 Å². The third kappa shape index (κ3) is 4.98. The summed E-state index contributed by atoms with van der Waals surface area (Å²) in [5.74, 6) is -0.283. The van der Waals surface area contributed by atoms with Crippen molar-refractivity contribution in [1.29, 1.82) is 5.41 Å². The zero-order chi connectivity index (χ0) is 18.4. The van der Waals surface area contributed by atoms with Gasteiger partial charge in [0.05, 0.1) is 24.2 Å². The molecule has 7 nitrogen and oxygen atoms in total. The third-order valence-electron chi connectivity index (χ3n) is 3.18. The highest BCUT2D eigenvalue weighted by Crippen LogP contribution is 2.29. The number of aliphatic carboxylic acids is 1. The molecule has 0 amide bonds. The number of anilines is 2. The van der Waals surface area contributed by atoms with E-state index in [0.717, 1.165) is 18.1 Å². The van der Waals surface area contributed by atoms with Crippen molar-refractivity contribution in [2.45, 2.75) is 20.8 Å². The summed E-state index contributed by atoms with van der Waals surface area (Å²) in [5, 5.41) is 15.2. The van der Waals surface area contributed by atoms with Crippen LogP contribution in [0.4, 0.5) is 17.1 Å². The van der Waals surface area contributed by atoms with Gasteiger partial charge in [-0.1, -0.05) is 0 Å². The van der Waals surface area contributed by atoms with Crippen LogP contribution < -0.4 is 11.5 Å². The minimum Gasteiger partial charge on any atom is -0.494 e. The van der Waals surface area contributed by atoms with Crippen LogP contribution in [0.15, 0.2) is 40.6 Å². The summed E-state index contributed by atoms with van der Waals surface area (Å²) in [6.07, 6.45) is 3.46. The first-order valence-corrected chi connectivity index (χ1v) is 7.12. The van der Waals surface area contributed by atoms with Gasteiger partial charge in [0.2, 0.25) is 0 Å². The number of nitrogens with zero attached hydrogens (tertiary/aromatic N) is 1. The third-order valence-corrected chi connectivity index (χ3v) is 3.18. The molecule has 2 rings (SSSR count). The number of methoxy groups -OCH3 is 1. The van der Waals surface area contributed by atoms with E-state index in [-0.39, 0.29) is 0 Å². The standard InChI is InChI=1S/C15H18N4O.C2H4O2/c1-8-4-13(12(18)6-10(8)16)19-14-5-9(2)11(17)7-15(14)20-3;1-2(3)4/h4-7,17H,16,18H2,1-3H3;1H3,(H,3,4). The molecule has 0 heterocycles. The van der Waals surface area contributed by atoms with Gasteiger partial charge in [-0.3, -0.25) is 4.79 Å². The number of aryl methyl sites for hydroxylation is 1. The number of hydrogen-bond acceptors (Lipinski definition) is 6. The molecule has 1 aromatic carbocycles. The fourth-order valence-corrected chi connectivity index (χ4v) is 1.88. The number of ether oxygens (including phenoxy) is 1. The Morgan fingerprint density at radius 2 is 1.79 bits per heavy atom. The number of benzene rings is 1. The number of hydrogen-bond donors (Lipinski definition) is 4. The molecular formula is C17H22N4O3. The molecule has 128 valence electrons. The summed E-state index contributed by atoms with van der Waals surface area (Å²) in [6, 6.07) is 3.54. The molecule has 0 aromatic heterocycles. The van der Waals surface area contributed by atoms with E-state index in [2.05, 4.69) is 4.99 Å². The normalized spacial score (nSPS) is 15.2. The molecule has 0 saturated heterocycles. The van der Waals surface area contributed by atoms with Gasteiger partial charge in [-0.05, 0) is 43.2 Å². The first-order chi connectivity index (χ1) is 11.1. The van der Waals surface area contributed by atoms with Crippen LogP contribution in [0.2, 0.25) is 0 Å². The maximum Gasteiger partial charge on any atom is 0.300 e. The van der Waals surface area contributed by atoms with E-state index in [1.54, 1.807) is 19.3 Å². The van der Waals surface area contributed by atoms with Crippen molar-refractivity contribution in [2.75, 3.05) is 18.6 Å². The molecule has 0 aliphatic heterocycles. The summed E-state index contributed by atoms with van der Waals surface area (Å²) in [7, 11) is 1.56. The number of nitrogens with one attached hydrogen (secondary N) is 1. The van der Waals surface area contributed by atoms with Gasteiger partial charge in [-0.25, -0.2) is 4.99 Å². The van der Waals surface area contributed by atoms with Crippen molar-refractivity contribution >= 4 is 34.5 Å². The lowest BCUT2D eigenvalue weighted by atomic mass is 10.0. The molecule has 24 heavy (non-hydrogen) atoms. The molecule has 1 aliphatic rings. The number of nitrogen functional groups attached to an aromatic ring is 2. The van der Waals surface area contributed by atoms with E-state index >= 15 is 0 Å². The summed E-state index contributed by atoms with van der Waals surface area (Å²) < 4.78 is 5.27. The van der Waals surface area contributed by atoms with Crippen molar-refractivity contribution in [3.63, 3.8) is 0 Å². The lowest BCUT2D eigenvalue weighted by Gasteiger charge is -2.14. The van der Waals surface area contributed by atoms with Crippen LogP contribution in [0.1, 0.15) is 19.4 Å². The molecule has 0 radical (unpaired) electrons. The van der Waals surface area contributed by atoms with E-state index < -0.39 is 5.97 Å². The first kappa shape index (κ1) is 19.0. The largest absolute Gasteiger partial charge is 0.494 e. The van der Waals surface area contributed by atoms with E-state index in [1.165, 1.54) is 0 Å². The summed E-state index contributed by atoms with van der Waals surface area (Å²) >= 11 is 0. The number of carbonyl (C=O) groups is 1. The topological polar surface area (TPSA) is 135 Å². The predicted octanol–water partition coefficient (Wildman–Crippen LogP) is 2.83. The number of aliphatic imine (C=N–C) groups is 1. The molecule has 6 N–H and O–H groups in total.